The summed E-state index contributed by atoms with van der Waals surface area (Å²) in [6.07, 6.45) is 3.94. The van der Waals surface area contributed by atoms with Crippen molar-refractivity contribution in [2.45, 2.75) is 33.2 Å². The number of anilines is 2. The number of benzene rings is 2. The summed E-state index contributed by atoms with van der Waals surface area (Å²) < 4.78 is 11.1. The summed E-state index contributed by atoms with van der Waals surface area (Å²) in [6, 6.07) is 19.4. The number of likely N-dealkylation sites (N-methyl/N-ethyl adjacent to an activating group) is 2. The number of carbonyl (C=O) groups excluding carboxylic acids is 2. The molecule has 1 heterocycles. The molecule has 0 fully saturated rings. The minimum Gasteiger partial charge on any atom is -0.464 e. The number of aromatic nitrogens is 1. The first-order valence-electron chi connectivity index (χ1n) is 15.0. The van der Waals surface area contributed by atoms with Gasteiger partial charge in [-0.2, -0.15) is 0 Å². The van der Waals surface area contributed by atoms with E-state index in [1.165, 1.54) is 0 Å². The van der Waals surface area contributed by atoms with Crippen molar-refractivity contribution in [1.29, 1.82) is 0 Å². The molecule has 0 saturated heterocycles. The van der Waals surface area contributed by atoms with Gasteiger partial charge in [0.1, 0.15) is 13.2 Å². The molecule has 0 aliphatic heterocycles. The minimum absolute atomic E-state index is 0.215. The van der Waals surface area contributed by atoms with Gasteiger partial charge in [-0.05, 0) is 87.4 Å². The molecule has 44 heavy (non-hydrogen) atoms. The average molecular weight is 601 g/mol. The van der Waals surface area contributed by atoms with E-state index >= 15 is 0 Å². The van der Waals surface area contributed by atoms with Crippen LogP contribution in [-0.2, 0) is 25.6 Å². The maximum atomic E-state index is 12.6. The molecule has 0 spiro atoms. The number of hydrogen-bond acceptors (Lipinski definition) is 10. The highest BCUT2D eigenvalue weighted by Crippen LogP contribution is 2.20. The SMILES string of the molecule is C=Nc1ccc(N(CC)CCOC(=O)CCN(CCC(=O)OCCN(CC)c2ccc(N=C)cc2)Cc2cccnc2)cc1. The second kappa shape index (κ2) is 18.9. The van der Waals surface area contributed by atoms with Gasteiger partial charge in [-0.25, -0.2) is 0 Å². The lowest BCUT2D eigenvalue weighted by Crippen LogP contribution is -2.31. The molecule has 0 aliphatic carbocycles. The van der Waals surface area contributed by atoms with E-state index in [0.717, 1.165) is 41.4 Å². The molecule has 0 saturated carbocycles. The summed E-state index contributed by atoms with van der Waals surface area (Å²) in [5, 5.41) is 0. The first-order chi connectivity index (χ1) is 21.4. The van der Waals surface area contributed by atoms with E-state index in [9.17, 15) is 9.59 Å². The maximum Gasteiger partial charge on any atom is 0.307 e. The van der Waals surface area contributed by atoms with Crippen LogP contribution >= 0.6 is 0 Å². The van der Waals surface area contributed by atoms with Crippen LogP contribution < -0.4 is 9.80 Å². The third kappa shape index (κ3) is 11.6. The molecule has 0 bridgehead atoms. The Morgan fingerprint density at radius 1 is 0.727 bits per heavy atom. The summed E-state index contributed by atoms with van der Waals surface area (Å²) in [6.45, 7) is 16.0. The van der Waals surface area contributed by atoms with Gasteiger partial charge in [0.05, 0.1) is 37.3 Å². The summed E-state index contributed by atoms with van der Waals surface area (Å²) in [7, 11) is 0. The Morgan fingerprint density at radius 2 is 1.20 bits per heavy atom. The molecule has 0 N–H and O–H groups in total. The van der Waals surface area contributed by atoms with Crippen molar-refractivity contribution in [3.8, 4) is 0 Å². The van der Waals surface area contributed by atoms with Crippen molar-refractivity contribution in [2.75, 3.05) is 62.3 Å². The Kier molecular flexibility index (Phi) is 14.5. The van der Waals surface area contributed by atoms with Gasteiger partial charge in [-0.15, -0.1) is 0 Å². The predicted molar refractivity (Wildman–Crippen MR) is 178 cm³/mol. The Labute approximate surface area is 261 Å². The van der Waals surface area contributed by atoms with Crippen LogP contribution in [0.2, 0.25) is 0 Å². The zero-order valence-electron chi connectivity index (χ0n) is 25.9. The lowest BCUT2D eigenvalue weighted by atomic mass is 10.2. The zero-order valence-corrected chi connectivity index (χ0v) is 25.9. The van der Waals surface area contributed by atoms with Crippen molar-refractivity contribution in [3.05, 3.63) is 78.6 Å². The van der Waals surface area contributed by atoms with Gasteiger partial charge in [0, 0.05) is 56.5 Å². The normalized spacial score (nSPS) is 10.7. The van der Waals surface area contributed by atoms with Gasteiger partial charge in [0.2, 0.25) is 0 Å². The molecule has 0 unspecified atom stereocenters. The van der Waals surface area contributed by atoms with E-state index in [1.807, 2.05) is 60.7 Å². The average Bonchev–Trinajstić information content (AvgIpc) is 3.07. The molecule has 0 aliphatic rings. The number of rotatable bonds is 20. The van der Waals surface area contributed by atoms with Crippen molar-refractivity contribution in [3.63, 3.8) is 0 Å². The summed E-state index contributed by atoms with van der Waals surface area (Å²) >= 11 is 0. The highest BCUT2D eigenvalue weighted by molar-refractivity contribution is 5.70. The largest absolute Gasteiger partial charge is 0.464 e. The smallest absolute Gasteiger partial charge is 0.307 e. The van der Waals surface area contributed by atoms with Crippen LogP contribution in [-0.4, -0.2) is 87.7 Å². The third-order valence-electron chi connectivity index (χ3n) is 7.20. The van der Waals surface area contributed by atoms with Crippen molar-refractivity contribution >= 4 is 48.1 Å². The molecular formula is C34H44N6O4. The van der Waals surface area contributed by atoms with Crippen LogP contribution in [0.25, 0.3) is 0 Å². The summed E-state index contributed by atoms with van der Waals surface area (Å²) in [4.78, 5) is 43.6. The maximum absolute atomic E-state index is 12.6. The standard InChI is InChI=1S/C34H44N6O4/c1-5-39(31-13-9-29(35-3)10-14-31)22-24-43-33(41)17-20-38(27-28-8-7-19-37-26-28)21-18-34(42)44-25-23-40(6-2)32-15-11-30(36-4)12-16-32/h7-16,19,26H,3-6,17-18,20-25,27H2,1-2H3. The number of aliphatic imine (C=N–C) groups is 2. The van der Waals surface area contributed by atoms with Crippen LogP contribution in [0.3, 0.4) is 0 Å². The van der Waals surface area contributed by atoms with Crippen LogP contribution in [0.15, 0.2) is 83.0 Å². The number of nitrogens with zero attached hydrogens (tertiary/aromatic N) is 6. The number of ether oxygens (including phenoxy) is 2. The van der Waals surface area contributed by atoms with Crippen molar-refractivity contribution < 1.29 is 19.1 Å². The van der Waals surface area contributed by atoms with Gasteiger partial charge < -0.3 is 19.3 Å². The van der Waals surface area contributed by atoms with E-state index in [2.05, 4.69) is 57.0 Å². The zero-order chi connectivity index (χ0) is 31.6. The van der Waals surface area contributed by atoms with E-state index in [-0.39, 0.29) is 38.0 Å². The lowest BCUT2D eigenvalue weighted by molar-refractivity contribution is -0.143. The molecule has 2 aromatic carbocycles. The van der Waals surface area contributed by atoms with Crippen LogP contribution in [0.5, 0.6) is 0 Å². The quantitative estimate of drug-likeness (QED) is 0.124. The van der Waals surface area contributed by atoms with Gasteiger partial charge in [0.25, 0.3) is 0 Å². The Hall–Kier alpha value is -4.57. The van der Waals surface area contributed by atoms with Crippen LogP contribution in [0.4, 0.5) is 22.7 Å². The highest BCUT2D eigenvalue weighted by Gasteiger charge is 2.14. The van der Waals surface area contributed by atoms with Gasteiger partial charge in [-0.3, -0.25) is 29.5 Å². The van der Waals surface area contributed by atoms with Gasteiger partial charge >= 0.3 is 11.9 Å². The number of hydrogen-bond donors (Lipinski definition) is 0. The second-order valence-corrected chi connectivity index (χ2v) is 10.1. The third-order valence-corrected chi connectivity index (χ3v) is 7.20. The first kappa shape index (κ1) is 33.9. The summed E-state index contributed by atoms with van der Waals surface area (Å²) in [5.41, 5.74) is 4.70. The molecule has 0 amide bonds. The molecule has 10 nitrogen and oxygen atoms in total. The lowest BCUT2D eigenvalue weighted by Gasteiger charge is -2.24. The van der Waals surface area contributed by atoms with E-state index < -0.39 is 0 Å². The molecule has 0 atom stereocenters. The van der Waals surface area contributed by atoms with Crippen molar-refractivity contribution in [2.24, 2.45) is 9.98 Å². The first-order valence-corrected chi connectivity index (χ1v) is 15.0. The summed E-state index contributed by atoms with van der Waals surface area (Å²) in [5.74, 6) is -0.551. The highest BCUT2D eigenvalue weighted by atomic mass is 16.5. The topological polar surface area (TPSA) is 99.9 Å². The number of pyridine rings is 1. The molecule has 1 aromatic heterocycles. The molecular weight excluding hydrogens is 556 g/mol. The van der Waals surface area contributed by atoms with E-state index in [1.54, 1.807) is 12.4 Å². The Balaban J connectivity index is 1.44. The van der Waals surface area contributed by atoms with Crippen molar-refractivity contribution in [1.82, 2.24) is 9.88 Å². The molecule has 10 heteroatoms. The number of esters is 2. The Morgan fingerprint density at radius 3 is 1.59 bits per heavy atom. The van der Waals surface area contributed by atoms with Gasteiger partial charge in [-0.1, -0.05) is 6.07 Å². The molecule has 234 valence electrons. The van der Waals surface area contributed by atoms with E-state index in [0.29, 0.717) is 32.7 Å². The minimum atomic E-state index is -0.275. The monoisotopic (exact) mass is 600 g/mol. The molecule has 3 aromatic rings. The number of carbonyl (C=O) groups is 2. The van der Waals surface area contributed by atoms with Crippen LogP contribution in [0, 0.1) is 0 Å². The van der Waals surface area contributed by atoms with E-state index in [4.69, 9.17) is 9.47 Å². The molecule has 0 radical (unpaired) electrons. The molecule has 3 rings (SSSR count). The fourth-order valence-corrected chi connectivity index (χ4v) is 4.68. The van der Waals surface area contributed by atoms with Crippen LogP contribution in [0.1, 0.15) is 32.3 Å². The van der Waals surface area contributed by atoms with Gasteiger partial charge in [0.15, 0.2) is 0 Å². The fourth-order valence-electron chi connectivity index (χ4n) is 4.68. The second-order valence-electron chi connectivity index (χ2n) is 10.1. The predicted octanol–water partition coefficient (Wildman–Crippen LogP) is 5.47. The Bertz CT molecular complexity index is 1220. The fraction of sp³-hybridized carbons (Fsp3) is 0.382.